The molecule has 7 nitrogen and oxygen atoms in total. The Morgan fingerprint density at radius 1 is 1.19 bits per heavy atom. The largest absolute Gasteiger partial charge is 0.281 e. The van der Waals surface area contributed by atoms with Gasteiger partial charge in [0.2, 0.25) is 0 Å². The van der Waals surface area contributed by atoms with Crippen LogP contribution in [0, 0.1) is 0 Å². The van der Waals surface area contributed by atoms with Crippen molar-refractivity contribution >= 4 is 15.7 Å². The first-order valence-corrected chi connectivity index (χ1v) is 8.50. The Morgan fingerprint density at radius 2 is 1.90 bits per heavy atom. The molecule has 0 bridgehead atoms. The molecule has 114 valence electrons. The SMILES string of the molecule is Cn1ccc(S(=O)(=O)Nc2cn(C)nc2C2CCCC2)n1. The van der Waals surface area contributed by atoms with Crippen LogP contribution >= 0.6 is 0 Å². The van der Waals surface area contributed by atoms with Crippen molar-refractivity contribution in [2.75, 3.05) is 4.72 Å². The second kappa shape index (κ2) is 5.18. The van der Waals surface area contributed by atoms with E-state index >= 15 is 0 Å². The monoisotopic (exact) mass is 309 g/mol. The molecule has 3 rings (SSSR count). The van der Waals surface area contributed by atoms with Crippen molar-refractivity contribution in [3.8, 4) is 0 Å². The molecule has 0 unspecified atom stereocenters. The third-order valence-electron chi connectivity index (χ3n) is 3.81. The molecule has 0 spiro atoms. The van der Waals surface area contributed by atoms with Gasteiger partial charge in [-0.05, 0) is 18.9 Å². The molecule has 1 aliphatic rings. The number of sulfonamides is 1. The molecular weight excluding hydrogens is 290 g/mol. The van der Waals surface area contributed by atoms with Crippen LogP contribution in [0.25, 0.3) is 0 Å². The molecule has 1 aliphatic carbocycles. The molecule has 0 aromatic carbocycles. The van der Waals surface area contributed by atoms with Crippen LogP contribution in [-0.4, -0.2) is 28.0 Å². The molecule has 2 aromatic rings. The number of hydrogen-bond donors (Lipinski definition) is 1. The fourth-order valence-corrected chi connectivity index (χ4v) is 3.85. The number of anilines is 1. The molecule has 0 atom stereocenters. The van der Waals surface area contributed by atoms with Gasteiger partial charge in [-0.3, -0.25) is 14.1 Å². The molecule has 2 heterocycles. The predicted molar refractivity (Wildman–Crippen MR) is 78.4 cm³/mol. The number of aromatic nitrogens is 4. The highest BCUT2D eigenvalue weighted by Crippen LogP contribution is 2.37. The number of nitrogens with one attached hydrogen (secondary N) is 1. The maximum Gasteiger partial charge on any atom is 0.281 e. The second-order valence-electron chi connectivity index (χ2n) is 5.52. The molecule has 1 fully saturated rings. The minimum absolute atomic E-state index is 0.0197. The molecule has 2 aromatic heterocycles. The minimum atomic E-state index is -3.67. The lowest BCUT2D eigenvalue weighted by Crippen LogP contribution is -2.15. The van der Waals surface area contributed by atoms with Crippen LogP contribution < -0.4 is 4.72 Å². The summed E-state index contributed by atoms with van der Waals surface area (Å²) in [6, 6.07) is 1.48. The Balaban J connectivity index is 1.91. The van der Waals surface area contributed by atoms with Crippen LogP contribution in [0.2, 0.25) is 0 Å². The zero-order chi connectivity index (χ0) is 15.0. The van der Waals surface area contributed by atoms with Gasteiger partial charge in [0.15, 0.2) is 5.03 Å². The number of rotatable bonds is 4. The van der Waals surface area contributed by atoms with Gasteiger partial charge in [-0.15, -0.1) is 0 Å². The van der Waals surface area contributed by atoms with E-state index in [2.05, 4.69) is 14.9 Å². The van der Waals surface area contributed by atoms with Gasteiger partial charge in [0.25, 0.3) is 10.0 Å². The summed E-state index contributed by atoms with van der Waals surface area (Å²) in [5.74, 6) is 0.340. The van der Waals surface area contributed by atoms with Gasteiger partial charge in [-0.2, -0.15) is 18.6 Å². The van der Waals surface area contributed by atoms with Crippen molar-refractivity contribution in [1.29, 1.82) is 0 Å². The average molecular weight is 309 g/mol. The molecule has 0 aliphatic heterocycles. The van der Waals surface area contributed by atoms with E-state index in [0.717, 1.165) is 18.5 Å². The highest BCUT2D eigenvalue weighted by Gasteiger charge is 2.26. The molecule has 0 saturated heterocycles. The molecule has 21 heavy (non-hydrogen) atoms. The van der Waals surface area contributed by atoms with Gasteiger partial charge in [0.1, 0.15) is 0 Å². The number of nitrogens with zero attached hydrogens (tertiary/aromatic N) is 4. The maximum absolute atomic E-state index is 12.4. The first-order chi connectivity index (χ1) is 9.95. The van der Waals surface area contributed by atoms with Crippen LogP contribution in [0.1, 0.15) is 37.3 Å². The summed E-state index contributed by atoms with van der Waals surface area (Å²) >= 11 is 0. The number of hydrogen-bond acceptors (Lipinski definition) is 4. The fraction of sp³-hybridized carbons (Fsp3) is 0.538. The Kier molecular flexibility index (Phi) is 3.48. The Bertz CT molecular complexity index is 740. The summed E-state index contributed by atoms with van der Waals surface area (Å²) < 4.78 is 30.5. The Labute approximate surface area is 124 Å². The molecule has 8 heteroatoms. The molecule has 0 radical (unpaired) electrons. The highest BCUT2D eigenvalue weighted by atomic mass is 32.2. The lowest BCUT2D eigenvalue weighted by molar-refractivity contribution is 0.593. The van der Waals surface area contributed by atoms with Crippen LogP contribution in [0.3, 0.4) is 0 Å². The van der Waals surface area contributed by atoms with Gasteiger partial charge in [-0.1, -0.05) is 12.8 Å². The van der Waals surface area contributed by atoms with E-state index in [1.165, 1.54) is 23.6 Å². The van der Waals surface area contributed by atoms with Gasteiger partial charge < -0.3 is 0 Å². The number of aryl methyl sites for hydroxylation is 2. The molecule has 1 N–H and O–H groups in total. The first kappa shape index (κ1) is 14.1. The summed E-state index contributed by atoms with van der Waals surface area (Å²) in [6.07, 6.45) is 7.80. The smallest absolute Gasteiger partial charge is 0.275 e. The summed E-state index contributed by atoms with van der Waals surface area (Å²) in [4.78, 5) is 0. The van der Waals surface area contributed by atoms with E-state index in [9.17, 15) is 8.42 Å². The fourth-order valence-electron chi connectivity index (χ4n) is 2.82. The second-order valence-corrected chi connectivity index (χ2v) is 7.15. The zero-order valence-corrected chi connectivity index (χ0v) is 13.0. The van der Waals surface area contributed by atoms with Gasteiger partial charge in [-0.25, -0.2) is 0 Å². The van der Waals surface area contributed by atoms with Gasteiger partial charge in [0, 0.05) is 32.4 Å². The summed E-state index contributed by atoms with van der Waals surface area (Å²) in [5.41, 5.74) is 1.41. The zero-order valence-electron chi connectivity index (χ0n) is 12.2. The van der Waals surface area contributed by atoms with Crippen LogP contribution in [0.5, 0.6) is 0 Å². The Morgan fingerprint density at radius 3 is 2.52 bits per heavy atom. The lowest BCUT2D eigenvalue weighted by atomic mass is 10.0. The van der Waals surface area contributed by atoms with E-state index in [1.807, 2.05) is 0 Å². The summed E-state index contributed by atoms with van der Waals surface area (Å²) in [7, 11) is -0.176. The average Bonchev–Trinajstić information content (AvgIpc) is 3.09. The van der Waals surface area contributed by atoms with Crippen molar-refractivity contribution in [2.45, 2.75) is 36.6 Å². The lowest BCUT2D eigenvalue weighted by Gasteiger charge is -2.10. The standard InChI is InChI=1S/C13H19N5O2S/c1-17-8-7-12(14-17)21(19,20)16-11-9-18(2)15-13(11)10-5-3-4-6-10/h7-10,16H,3-6H2,1-2H3. The van der Waals surface area contributed by atoms with E-state index in [-0.39, 0.29) is 5.03 Å². The third kappa shape index (κ3) is 2.80. The summed E-state index contributed by atoms with van der Waals surface area (Å²) in [6.45, 7) is 0. The quantitative estimate of drug-likeness (QED) is 0.930. The Hall–Kier alpha value is -1.83. The first-order valence-electron chi connectivity index (χ1n) is 7.02. The van der Waals surface area contributed by atoms with Gasteiger partial charge in [0.05, 0.1) is 11.4 Å². The van der Waals surface area contributed by atoms with Crippen molar-refractivity contribution < 1.29 is 8.42 Å². The van der Waals surface area contributed by atoms with E-state index in [1.54, 1.807) is 31.2 Å². The van der Waals surface area contributed by atoms with E-state index in [0.29, 0.717) is 11.6 Å². The van der Waals surface area contributed by atoms with E-state index in [4.69, 9.17) is 0 Å². The highest BCUT2D eigenvalue weighted by molar-refractivity contribution is 7.92. The van der Waals surface area contributed by atoms with Crippen LogP contribution in [-0.2, 0) is 24.1 Å². The van der Waals surface area contributed by atoms with Crippen molar-refractivity contribution in [2.24, 2.45) is 14.1 Å². The van der Waals surface area contributed by atoms with Crippen LogP contribution in [0.4, 0.5) is 5.69 Å². The van der Waals surface area contributed by atoms with Crippen molar-refractivity contribution in [3.63, 3.8) is 0 Å². The predicted octanol–water partition coefficient (Wildman–Crippen LogP) is 1.61. The normalized spacial score (nSPS) is 16.5. The van der Waals surface area contributed by atoms with Crippen LogP contribution in [0.15, 0.2) is 23.5 Å². The molecule has 1 saturated carbocycles. The third-order valence-corrected chi connectivity index (χ3v) is 5.07. The maximum atomic E-state index is 12.4. The summed E-state index contributed by atoms with van der Waals surface area (Å²) in [5, 5.41) is 8.41. The minimum Gasteiger partial charge on any atom is -0.275 e. The van der Waals surface area contributed by atoms with Gasteiger partial charge >= 0.3 is 0 Å². The van der Waals surface area contributed by atoms with E-state index < -0.39 is 10.0 Å². The molecular formula is C13H19N5O2S. The van der Waals surface area contributed by atoms with Crippen molar-refractivity contribution in [1.82, 2.24) is 19.6 Å². The topological polar surface area (TPSA) is 81.8 Å². The van der Waals surface area contributed by atoms with Crippen molar-refractivity contribution in [3.05, 3.63) is 24.2 Å². The molecule has 0 amide bonds.